The van der Waals surface area contributed by atoms with E-state index in [4.69, 9.17) is 12.2 Å². The maximum Gasteiger partial charge on any atom is 0.167 e. The minimum Gasteiger partial charge on any atom is -0.359 e. The molecule has 0 aliphatic heterocycles. The third kappa shape index (κ3) is 5.32. The molecule has 1 atom stereocenters. The monoisotopic (exact) mass is 330 g/mol. The second-order valence-corrected chi connectivity index (χ2v) is 6.40. The van der Waals surface area contributed by atoms with Crippen molar-refractivity contribution in [2.45, 2.75) is 39.3 Å². The number of rotatable bonds is 5. The van der Waals surface area contributed by atoms with Gasteiger partial charge in [-0.15, -0.1) is 0 Å². The molecule has 0 heterocycles. The molecule has 0 aromatic heterocycles. The third-order valence-electron chi connectivity index (χ3n) is 3.82. The molecule has 2 aromatic carbocycles. The van der Waals surface area contributed by atoms with Crippen LogP contribution in [0.5, 0.6) is 0 Å². The molecule has 0 aliphatic rings. The number of nitrogens with one attached hydrogen (secondary N) is 2. The van der Waals surface area contributed by atoms with E-state index in [1.54, 1.807) is 12.1 Å². The maximum atomic E-state index is 12.9. The number of halogens is 1. The summed E-state index contributed by atoms with van der Waals surface area (Å²) < 4.78 is 12.9. The lowest BCUT2D eigenvalue weighted by Crippen LogP contribution is -2.36. The summed E-state index contributed by atoms with van der Waals surface area (Å²) in [6.45, 7) is 7.03. The summed E-state index contributed by atoms with van der Waals surface area (Å²) >= 11 is 5.33. The third-order valence-corrected chi connectivity index (χ3v) is 4.08. The van der Waals surface area contributed by atoms with Crippen molar-refractivity contribution in [3.63, 3.8) is 0 Å². The van der Waals surface area contributed by atoms with Crippen molar-refractivity contribution in [1.29, 1.82) is 0 Å². The van der Waals surface area contributed by atoms with E-state index in [0.29, 0.717) is 17.6 Å². The average Bonchev–Trinajstić information content (AvgIpc) is 2.54. The molecule has 0 unspecified atom stereocenters. The molecular weight excluding hydrogens is 307 g/mol. The van der Waals surface area contributed by atoms with Gasteiger partial charge >= 0.3 is 0 Å². The zero-order valence-corrected chi connectivity index (χ0v) is 14.6. The molecule has 0 radical (unpaired) electrons. The summed E-state index contributed by atoms with van der Waals surface area (Å²) in [7, 11) is 0. The molecule has 0 saturated heterocycles. The van der Waals surface area contributed by atoms with E-state index in [-0.39, 0.29) is 11.9 Å². The van der Waals surface area contributed by atoms with E-state index in [1.165, 1.54) is 23.3 Å². The Morgan fingerprint density at radius 2 is 1.52 bits per heavy atom. The summed E-state index contributed by atoms with van der Waals surface area (Å²) in [4.78, 5) is 0. The lowest BCUT2D eigenvalue weighted by molar-refractivity contribution is 0.626. The normalized spacial score (nSPS) is 12.0. The van der Waals surface area contributed by atoms with Crippen molar-refractivity contribution < 1.29 is 4.39 Å². The van der Waals surface area contributed by atoms with E-state index < -0.39 is 0 Å². The Kier molecular flexibility index (Phi) is 6.11. The van der Waals surface area contributed by atoms with E-state index >= 15 is 0 Å². The van der Waals surface area contributed by atoms with Crippen molar-refractivity contribution >= 4 is 17.3 Å². The molecule has 0 saturated carbocycles. The first-order valence-electron chi connectivity index (χ1n) is 7.84. The smallest absolute Gasteiger partial charge is 0.167 e. The summed E-state index contributed by atoms with van der Waals surface area (Å²) in [6, 6.07) is 15.1. The van der Waals surface area contributed by atoms with Crippen LogP contribution in [-0.4, -0.2) is 5.11 Å². The van der Waals surface area contributed by atoms with Crippen LogP contribution in [0.2, 0.25) is 0 Å². The highest BCUT2D eigenvalue weighted by molar-refractivity contribution is 7.80. The van der Waals surface area contributed by atoms with Crippen LogP contribution in [0.3, 0.4) is 0 Å². The molecule has 2 rings (SSSR count). The van der Waals surface area contributed by atoms with Gasteiger partial charge in [0.15, 0.2) is 5.11 Å². The topological polar surface area (TPSA) is 24.1 Å². The van der Waals surface area contributed by atoms with Crippen molar-refractivity contribution in [2.24, 2.45) is 0 Å². The van der Waals surface area contributed by atoms with E-state index in [1.807, 2.05) is 0 Å². The predicted octanol–water partition coefficient (Wildman–Crippen LogP) is 4.67. The van der Waals surface area contributed by atoms with Gasteiger partial charge in [-0.05, 0) is 53.9 Å². The fourth-order valence-electron chi connectivity index (χ4n) is 2.29. The standard InChI is InChI=1S/C19H23FN2S/c1-13(2)16-6-8-17(9-7-16)14(3)22-19(23)21-12-15-4-10-18(20)11-5-15/h4-11,13-14H,12H2,1-3H3,(H2,21,22,23)/t14-/m0/s1. The van der Waals surface area contributed by atoms with Crippen molar-refractivity contribution in [1.82, 2.24) is 10.6 Å². The Labute approximate surface area is 143 Å². The largest absolute Gasteiger partial charge is 0.359 e. The lowest BCUT2D eigenvalue weighted by atomic mass is 10.00. The van der Waals surface area contributed by atoms with Gasteiger partial charge in [0, 0.05) is 6.54 Å². The Morgan fingerprint density at radius 1 is 0.957 bits per heavy atom. The highest BCUT2D eigenvalue weighted by Crippen LogP contribution is 2.18. The van der Waals surface area contributed by atoms with Gasteiger partial charge in [-0.2, -0.15) is 0 Å². The van der Waals surface area contributed by atoms with Gasteiger partial charge in [-0.25, -0.2) is 4.39 Å². The number of hydrogen-bond donors (Lipinski definition) is 2. The Bertz CT molecular complexity index is 635. The maximum absolute atomic E-state index is 12.9. The van der Waals surface area contributed by atoms with Crippen molar-refractivity contribution in [3.05, 3.63) is 71.0 Å². The average molecular weight is 330 g/mol. The highest BCUT2D eigenvalue weighted by Gasteiger charge is 2.08. The summed E-state index contributed by atoms with van der Waals surface area (Å²) in [5.41, 5.74) is 3.52. The fourth-order valence-corrected chi connectivity index (χ4v) is 2.53. The molecule has 4 heteroatoms. The fraction of sp³-hybridized carbons (Fsp3) is 0.316. The first kappa shape index (κ1) is 17.4. The molecule has 23 heavy (non-hydrogen) atoms. The number of benzene rings is 2. The second-order valence-electron chi connectivity index (χ2n) is 6.00. The molecule has 122 valence electrons. The summed E-state index contributed by atoms with van der Waals surface area (Å²) in [5.74, 6) is 0.304. The minimum absolute atomic E-state index is 0.129. The first-order valence-corrected chi connectivity index (χ1v) is 8.25. The van der Waals surface area contributed by atoms with Gasteiger partial charge in [0.05, 0.1) is 6.04 Å². The van der Waals surface area contributed by atoms with Crippen LogP contribution in [0.1, 0.15) is 49.4 Å². The van der Waals surface area contributed by atoms with Gasteiger partial charge in [0.25, 0.3) is 0 Å². The number of thiocarbonyl (C=S) groups is 1. The highest BCUT2D eigenvalue weighted by atomic mass is 32.1. The Hall–Kier alpha value is -1.94. The van der Waals surface area contributed by atoms with E-state index in [0.717, 1.165) is 5.56 Å². The summed E-state index contributed by atoms with van der Waals surface area (Å²) in [5, 5.41) is 7.01. The van der Waals surface area contributed by atoms with Crippen molar-refractivity contribution in [2.75, 3.05) is 0 Å². The lowest BCUT2D eigenvalue weighted by Gasteiger charge is -2.18. The van der Waals surface area contributed by atoms with Gasteiger partial charge in [-0.3, -0.25) is 0 Å². The second kappa shape index (κ2) is 8.06. The van der Waals surface area contributed by atoms with Crippen LogP contribution in [0.4, 0.5) is 4.39 Å². The zero-order chi connectivity index (χ0) is 16.8. The van der Waals surface area contributed by atoms with E-state index in [9.17, 15) is 4.39 Å². The molecule has 0 bridgehead atoms. The minimum atomic E-state index is -0.229. The number of hydrogen-bond acceptors (Lipinski definition) is 1. The molecule has 0 spiro atoms. The summed E-state index contributed by atoms with van der Waals surface area (Å²) in [6.07, 6.45) is 0. The first-order chi connectivity index (χ1) is 11.0. The van der Waals surface area contributed by atoms with E-state index in [2.05, 4.69) is 55.7 Å². The SMILES string of the molecule is CC(C)c1ccc([C@H](C)NC(=S)NCc2ccc(F)cc2)cc1. The van der Waals surface area contributed by atoms with Crippen molar-refractivity contribution in [3.8, 4) is 0 Å². The molecule has 2 nitrogen and oxygen atoms in total. The van der Waals surface area contributed by atoms with Crippen LogP contribution in [-0.2, 0) is 6.54 Å². The van der Waals surface area contributed by atoms with Crippen LogP contribution in [0.25, 0.3) is 0 Å². The van der Waals surface area contributed by atoms with Crippen LogP contribution in [0.15, 0.2) is 48.5 Å². The van der Waals surface area contributed by atoms with Crippen LogP contribution in [0, 0.1) is 5.82 Å². The Morgan fingerprint density at radius 3 is 2.09 bits per heavy atom. The quantitative estimate of drug-likeness (QED) is 0.779. The van der Waals surface area contributed by atoms with Crippen LogP contribution < -0.4 is 10.6 Å². The molecule has 0 aliphatic carbocycles. The van der Waals surface area contributed by atoms with Gasteiger partial charge in [0.2, 0.25) is 0 Å². The molecule has 2 N–H and O–H groups in total. The zero-order valence-electron chi connectivity index (χ0n) is 13.8. The molecule has 2 aromatic rings. The molecular formula is C19H23FN2S. The Balaban J connectivity index is 1.85. The van der Waals surface area contributed by atoms with Crippen LogP contribution >= 0.6 is 12.2 Å². The van der Waals surface area contributed by atoms with Gasteiger partial charge in [0.1, 0.15) is 5.82 Å². The van der Waals surface area contributed by atoms with Gasteiger partial charge in [-0.1, -0.05) is 50.2 Å². The van der Waals surface area contributed by atoms with Gasteiger partial charge < -0.3 is 10.6 Å². The molecule has 0 amide bonds. The predicted molar refractivity (Wildman–Crippen MR) is 97.9 cm³/mol. The molecule has 0 fully saturated rings.